The van der Waals surface area contributed by atoms with E-state index in [0.29, 0.717) is 25.1 Å². The molecule has 1 aromatic rings. The fraction of sp³-hybridized carbons (Fsp3) is 0.500. The number of nitrogens with zero attached hydrogens (tertiary/aromatic N) is 3. The highest BCUT2D eigenvalue weighted by Gasteiger charge is 2.37. The molecule has 3 rings (SSSR count). The lowest BCUT2D eigenvalue weighted by Crippen LogP contribution is -2.45. The van der Waals surface area contributed by atoms with Crippen molar-refractivity contribution in [3.05, 3.63) is 30.1 Å². The number of likely N-dealkylation sites (tertiary alicyclic amines) is 1. The van der Waals surface area contributed by atoms with Crippen LogP contribution >= 0.6 is 0 Å². The Morgan fingerprint density at radius 1 is 1.39 bits per heavy atom. The predicted molar refractivity (Wildman–Crippen MR) is 82.2 cm³/mol. The molecule has 0 aromatic carbocycles. The third kappa shape index (κ3) is 3.32. The van der Waals surface area contributed by atoms with Crippen LogP contribution in [-0.2, 0) is 4.79 Å². The summed E-state index contributed by atoms with van der Waals surface area (Å²) in [4.78, 5) is 30.2. The molecule has 2 N–H and O–H groups in total. The van der Waals surface area contributed by atoms with Crippen LogP contribution in [0, 0.1) is 11.3 Å². The molecule has 23 heavy (non-hydrogen) atoms. The van der Waals surface area contributed by atoms with Crippen LogP contribution in [0.3, 0.4) is 0 Å². The number of hydrogen-bond acceptors (Lipinski definition) is 5. The molecule has 0 unspecified atom stereocenters. The van der Waals surface area contributed by atoms with Gasteiger partial charge in [0.1, 0.15) is 6.04 Å². The van der Waals surface area contributed by atoms with Gasteiger partial charge in [-0.05, 0) is 31.4 Å². The fourth-order valence-corrected chi connectivity index (χ4v) is 3.17. The van der Waals surface area contributed by atoms with Crippen molar-refractivity contribution in [1.29, 1.82) is 5.26 Å². The number of carbonyl (C=O) groups is 2. The quantitative estimate of drug-likeness (QED) is 0.822. The lowest BCUT2D eigenvalue weighted by atomic mass is 10.1. The molecular weight excluding hydrogens is 294 g/mol. The standard InChI is InChI=1S/C16H19N5O2/c17-9-13-2-1-7-21(13)16(23)14-8-12(10-19-14)20-15(22)11-3-5-18-6-4-11/h3-6,12-14,19H,1-2,7-8,10H2,(H,20,22)/t12-,13-,14-/m0/s1. The number of aromatic nitrogens is 1. The topological polar surface area (TPSA) is 98.1 Å². The first-order valence-corrected chi connectivity index (χ1v) is 7.83. The first-order valence-electron chi connectivity index (χ1n) is 7.83. The second-order valence-electron chi connectivity index (χ2n) is 5.92. The Balaban J connectivity index is 1.55. The molecule has 7 heteroatoms. The lowest BCUT2D eigenvalue weighted by Gasteiger charge is -2.23. The molecule has 0 bridgehead atoms. The van der Waals surface area contributed by atoms with Gasteiger partial charge in [-0.15, -0.1) is 0 Å². The van der Waals surface area contributed by atoms with Gasteiger partial charge in [0.2, 0.25) is 5.91 Å². The number of nitriles is 1. The smallest absolute Gasteiger partial charge is 0.251 e. The predicted octanol–water partition coefficient (Wildman–Crippen LogP) is 0.0565. The van der Waals surface area contributed by atoms with Crippen LogP contribution in [0.15, 0.2) is 24.5 Å². The molecule has 2 saturated heterocycles. The van der Waals surface area contributed by atoms with Crippen LogP contribution in [0.5, 0.6) is 0 Å². The van der Waals surface area contributed by atoms with E-state index in [9.17, 15) is 9.59 Å². The molecule has 2 amide bonds. The van der Waals surface area contributed by atoms with E-state index < -0.39 is 0 Å². The van der Waals surface area contributed by atoms with E-state index >= 15 is 0 Å². The van der Waals surface area contributed by atoms with Crippen molar-refractivity contribution in [1.82, 2.24) is 20.5 Å². The summed E-state index contributed by atoms with van der Waals surface area (Å²) < 4.78 is 0. The van der Waals surface area contributed by atoms with Crippen molar-refractivity contribution in [2.24, 2.45) is 0 Å². The van der Waals surface area contributed by atoms with E-state index in [-0.39, 0.29) is 29.9 Å². The van der Waals surface area contributed by atoms with E-state index in [1.54, 1.807) is 29.4 Å². The van der Waals surface area contributed by atoms with Crippen molar-refractivity contribution >= 4 is 11.8 Å². The summed E-state index contributed by atoms with van der Waals surface area (Å²) in [6.45, 7) is 1.20. The zero-order chi connectivity index (χ0) is 16.2. The minimum atomic E-state index is -0.327. The van der Waals surface area contributed by atoms with E-state index in [0.717, 1.165) is 12.8 Å². The van der Waals surface area contributed by atoms with E-state index in [2.05, 4.69) is 21.7 Å². The summed E-state index contributed by atoms with van der Waals surface area (Å²) in [5, 5.41) is 15.2. The van der Waals surface area contributed by atoms with Crippen LogP contribution in [0.2, 0.25) is 0 Å². The summed E-state index contributed by atoms with van der Waals surface area (Å²) in [7, 11) is 0. The Morgan fingerprint density at radius 3 is 2.91 bits per heavy atom. The normalized spacial score (nSPS) is 26.7. The molecule has 7 nitrogen and oxygen atoms in total. The summed E-state index contributed by atoms with van der Waals surface area (Å²) in [5.74, 6) is -0.196. The number of rotatable bonds is 3. The summed E-state index contributed by atoms with van der Waals surface area (Å²) in [6.07, 6.45) is 5.31. The Hall–Kier alpha value is -2.46. The number of hydrogen-bond donors (Lipinski definition) is 2. The van der Waals surface area contributed by atoms with Crippen LogP contribution in [-0.4, -0.2) is 52.9 Å². The summed E-state index contributed by atoms with van der Waals surface area (Å²) in [6, 6.07) is 4.77. The molecular formula is C16H19N5O2. The fourth-order valence-electron chi connectivity index (χ4n) is 3.17. The Labute approximate surface area is 134 Å². The van der Waals surface area contributed by atoms with Crippen molar-refractivity contribution in [2.45, 2.75) is 37.4 Å². The van der Waals surface area contributed by atoms with Crippen molar-refractivity contribution in [3.63, 3.8) is 0 Å². The van der Waals surface area contributed by atoms with Gasteiger partial charge in [-0.2, -0.15) is 5.26 Å². The highest BCUT2D eigenvalue weighted by Crippen LogP contribution is 2.20. The molecule has 120 valence electrons. The monoisotopic (exact) mass is 313 g/mol. The van der Waals surface area contributed by atoms with Gasteiger partial charge in [0.05, 0.1) is 12.1 Å². The maximum Gasteiger partial charge on any atom is 0.251 e. The summed E-state index contributed by atoms with van der Waals surface area (Å²) >= 11 is 0. The number of amides is 2. The SMILES string of the molecule is N#C[C@@H]1CCCN1C(=O)[C@@H]1C[C@H](NC(=O)c2ccncc2)CN1. The largest absolute Gasteiger partial charge is 0.348 e. The molecule has 3 heterocycles. The number of pyridine rings is 1. The second kappa shape index (κ2) is 6.75. The van der Waals surface area contributed by atoms with Gasteiger partial charge in [-0.25, -0.2) is 0 Å². The maximum atomic E-state index is 12.5. The lowest BCUT2D eigenvalue weighted by molar-refractivity contribution is -0.133. The second-order valence-corrected chi connectivity index (χ2v) is 5.92. The zero-order valence-corrected chi connectivity index (χ0v) is 12.7. The first kappa shape index (κ1) is 15.4. The number of nitrogens with one attached hydrogen (secondary N) is 2. The minimum Gasteiger partial charge on any atom is -0.348 e. The van der Waals surface area contributed by atoms with Gasteiger partial charge >= 0.3 is 0 Å². The maximum absolute atomic E-state index is 12.5. The van der Waals surface area contributed by atoms with Gasteiger partial charge in [0.15, 0.2) is 0 Å². The van der Waals surface area contributed by atoms with E-state index in [4.69, 9.17) is 5.26 Å². The molecule has 2 fully saturated rings. The molecule has 2 aliphatic rings. The number of carbonyl (C=O) groups excluding carboxylic acids is 2. The van der Waals surface area contributed by atoms with Crippen LogP contribution in [0.25, 0.3) is 0 Å². The minimum absolute atomic E-state index is 0.0327. The third-order valence-corrected chi connectivity index (χ3v) is 4.39. The first-order chi connectivity index (χ1) is 11.2. The molecule has 1 aromatic heterocycles. The Bertz CT molecular complexity index is 627. The van der Waals surface area contributed by atoms with Crippen LogP contribution in [0.1, 0.15) is 29.6 Å². The van der Waals surface area contributed by atoms with E-state index in [1.807, 2.05) is 0 Å². The summed E-state index contributed by atoms with van der Waals surface area (Å²) in [5.41, 5.74) is 0.555. The van der Waals surface area contributed by atoms with Gasteiger partial charge in [0.25, 0.3) is 5.91 Å². The van der Waals surface area contributed by atoms with Crippen LogP contribution < -0.4 is 10.6 Å². The van der Waals surface area contributed by atoms with Crippen LogP contribution in [0.4, 0.5) is 0 Å². The van der Waals surface area contributed by atoms with Gasteiger partial charge in [0, 0.05) is 37.1 Å². The van der Waals surface area contributed by atoms with Gasteiger partial charge in [-0.3, -0.25) is 14.6 Å². The zero-order valence-electron chi connectivity index (χ0n) is 12.7. The molecule has 0 spiro atoms. The average molecular weight is 313 g/mol. The molecule has 2 aliphatic heterocycles. The van der Waals surface area contributed by atoms with Crippen molar-refractivity contribution in [2.75, 3.05) is 13.1 Å². The highest BCUT2D eigenvalue weighted by atomic mass is 16.2. The molecule has 3 atom stereocenters. The Kier molecular flexibility index (Phi) is 4.53. The average Bonchev–Trinajstić information content (AvgIpc) is 3.24. The Morgan fingerprint density at radius 2 is 2.17 bits per heavy atom. The molecule has 0 radical (unpaired) electrons. The third-order valence-electron chi connectivity index (χ3n) is 4.39. The molecule has 0 saturated carbocycles. The van der Waals surface area contributed by atoms with Gasteiger partial charge in [-0.1, -0.05) is 0 Å². The van der Waals surface area contributed by atoms with Crippen molar-refractivity contribution < 1.29 is 9.59 Å². The van der Waals surface area contributed by atoms with Gasteiger partial charge < -0.3 is 15.5 Å². The highest BCUT2D eigenvalue weighted by molar-refractivity contribution is 5.94. The van der Waals surface area contributed by atoms with E-state index in [1.165, 1.54) is 0 Å². The molecule has 0 aliphatic carbocycles. The van der Waals surface area contributed by atoms with Crippen molar-refractivity contribution in [3.8, 4) is 6.07 Å².